The van der Waals surface area contributed by atoms with Crippen LogP contribution in [0.25, 0.3) is 0 Å². The molecule has 1 aliphatic rings. The summed E-state index contributed by atoms with van der Waals surface area (Å²) in [5, 5.41) is 5.95. The monoisotopic (exact) mass is 82.1 g/mol. The summed E-state index contributed by atoms with van der Waals surface area (Å²) in [5.41, 5.74) is 2.85. The topological polar surface area (TPSA) is 31.6 Å². The second-order valence-electron chi connectivity index (χ2n) is 1.71. The SMILES string of the molecule is C1Cc2[nH][nH]c21. The first-order valence-corrected chi connectivity index (χ1v) is 2.21. The maximum Gasteiger partial charge on any atom is 0.0525 e. The van der Waals surface area contributed by atoms with E-state index in [2.05, 4.69) is 10.2 Å². The molecule has 0 radical (unpaired) electrons. The van der Waals surface area contributed by atoms with E-state index in [1.807, 2.05) is 0 Å². The van der Waals surface area contributed by atoms with Crippen LogP contribution in [-0.2, 0) is 12.8 Å². The lowest BCUT2D eigenvalue weighted by Crippen LogP contribution is -2.19. The summed E-state index contributed by atoms with van der Waals surface area (Å²) in [6.07, 6.45) is 2.53. The Bertz CT molecular complexity index is 132. The highest BCUT2D eigenvalue weighted by Crippen LogP contribution is 2.17. The van der Waals surface area contributed by atoms with Crippen LogP contribution in [0.2, 0.25) is 0 Å². The van der Waals surface area contributed by atoms with Crippen molar-refractivity contribution in [1.29, 1.82) is 0 Å². The number of aromatic nitrogens is 2. The molecule has 2 N–H and O–H groups in total. The number of rotatable bonds is 0. The highest BCUT2D eigenvalue weighted by Gasteiger charge is 2.15. The molecule has 0 aromatic carbocycles. The van der Waals surface area contributed by atoms with E-state index < -0.39 is 0 Å². The van der Waals surface area contributed by atoms with Crippen molar-refractivity contribution in [1.82, 2.24) is 10.2 Å². The van der Waals surface area contributed by atoms with Crippen molar-refractivity contribution >= 4 is 0 Å². The van der Waals surface area contributed by atoms with Gasteiger partial charge in [-0.2, -0.15) is 0 Å². The minimum Gasteiger partial charge on any atom is -0.303 e. The van der Waals surface area contributed by atoms with Crippen LogP contribution < -0.4 is 0 Å². The highest BCUT2D eigenvalue weighted by atomic mass is 15.2. The predicted molar refractivity (Wildman–Crippen MR) is 22.6 cm³/mol. The van der Waals surface area contributed by atoms with Gasteiger partial charge in [0.2, 0.25) is 0 Å². The molecule has 2 nitrogen and oxygen atoms in total. The average molecular weight is 82.1 g/mol. The quantitative estimate of drug-likeness (QED) is 0.455. The average Bonchev–Trinajstić information content (AvgIpc) is 1.54. The summed E-state index contributed by atoms with van der Waals surface area (Å²) < 4.78 is 0. The Morgan fingerprint density at radius 2 is 1.50 bits per heavy atom. The van der Waals surface area contributed by atoms with Gasteiger partial charge in [0.15, 0.2) is 0 Å². The molecule has 1 heterocycles. The zero-order valence-corrected chi connectivity index (χ0v) is 3.41. The number of nitrogens with one attached hydrogen (secondary N) is 2. The number of H-pyrrole nitrogens is 2. The third-order valence-electron chi connectivity index (χ3n) is 1.35. The minimum atomic E-state index is 1.27. The molecule has 1 aromatic heterocycles. The zero-order valence-electron chi connectivity index (χ0n) is 3.41. The van der Waals surface area contributed by atoms with Crippen molar-refractivity contribution < 1.29 is 0 Å². The van der Waals surface area contributed by atoms with Gasteiger partial charge in [0.1, 0.15) is 0 Å². The van der Waals surface area contributed by atoms with Gasteiger partial charge in [0, 0.05) is 0 Å². The molecule has 0 unspecified atom stereocenters. The van der Waals surface area contributed by atoms with Gasteiger partial charge in [-0.3, -0.25) is 0 Å². The molecule has 0 bridgehead atoms. The zero-order chi connectivity index (χ0) is 3.98. The van der Waals surface area contributed by atoms with Crippen LogP contribution in [0.15, 0.2) is 0 Å². The summed E-state index contributed by atoms with van der Waals surface area (Å²) in [4.78, 5) is 0. The predicted octanol–water partition coefficient (Wildman–Crippen LogP) is 0.441. The molecule has 0 amide bonds. The van der Waals surface area contributed by atoms with Crippen LogP contribution >= 0.6 is 0 Å². The van der Waals surface area contributed by atoms with Crippen LogP contribution in [0.1, 0.15) is 11.4 Å². The third-order valence-corrected chi connectivity index (χ3v) is 1.35. The van der Waals surface area contributed by atoms with E-state index in [1.54, 1.807) is 0 Å². The number of fused-ring (bicyclic) bond motifs is 1. The normalized spacial score (nSPS) is 16.7. The van der Waals surface area contributed by atoms with Crippen molar-refractivity contribution in [3.63, 3.8) is 0 Å². The Balaban J connectivity index is 2.60. The number of aromatic amines is 2. The van der Waals surface area contributed by atoms with Crippen LogP contribution in [0, 0.1) is 0 Å². The molecular weight excluding hydrogens is 76.1 g/mol. The molecule has 2 heteroatoms. The van der Waals surface area contributed by atoms with E-state index in [4.69, 9.17) is 0 Å². The van der Waals surface area contributed by atoms with Crippen molar-refractivity contribution in [2.24, 2.45) is 0 Å². The molecule has 0 spiro atoms. The Kier molecular flexibility index (Phi) is 0.231. The minimum absolute atomic E-state index is 1.27. The van der Waals surface area contributed by atoms with E-state index in [9.17, 15) is 0 Å². The van der Waals surface area contributed by atoms with Crippen molar-refractivity contribution in [3.05, 3.63) is 11.4 Å². The summed E-state index contributed by atoms with van der Waals surface area (Å²) in [6.45, 7) is 0. The molecule has 1 aromatic rings. The van der Waals surface area contributed by atoms with Gasteiger partial charge in [-0.15, -0.1) is 0 Å². The van der Waals surface area contributed by atoms with Gasteiger partial charge < -0.3 is 10.2 Å². The molecule has 0 saturated heterocycles. The van der Waals surface area contributed by atoms with Gasteiger partial charge >= 0.3 is 0 Å². The van der Waals surface area contributed by atoms with Gasteiger partial charge in [0.25, 0.3) is 0 Å². The van der Waals surface area contributed by atoms with Gasteiger partial charge in [-0.05, 0) is 12.8 Å². The summed E-state index contributed by atoms with van der Waals surface area (Å²) in [6, 6.07) is 0. The number of hydrogen-bond acceptors (Lipinski definition) is 0. The van der Waals surface area contributed by atoms with E-state index in [0.29, 0.717) is 0 Å². The maximum atomic E-state index is 2.97. The summed E-state index contributed by atoms with van der Waals surface area (Å²) in [7, 11) is 0. The second kappa shape index (κ2) is 0.555. The molecular formula is C4H6N2. The third kappa shape index (κ3) is 0.103. The molecule has 6 heavy (non-hydrogen) atoms. The maximum absolute atomic E-state index is 2.97. The first-order valence-electron chi connectivity index (χ1n) is 2.21. The molecule has 0 saturated carbocycles. The van der Waals surface area contributed by atoms with Crippen LogP contribution in [-0.4, -0.2) is 10.2 Å². The van der Waals surface area contributed by atoms with E-state index in [1.165, 1.54) is 24.2 Å². The Morgan fingerprint density at radius 3 is 1.50 bits per heavy atom. The Hall–Kier alpha value is -0.660. The lowest BCUT2D eigenvalue weighted by atomic mass is 10.00. The van der Waals surface area contributed by atoms with Crippen LogP contribution in [0.5, 0.6) is 0 Å². The smallest absolute Gasteiger partial charge is 0.0525 e. The Labute approximate surface area is 35.5 Å². The first kappa shape index (κ1) is 2.50. The molecule has 1 aliphatic carbocycles. The van der Waals surface area contributed by atoms with E-state index in [-0.39, 0.29) is 0 Å². The largest absolute Gasteiger partial charge is 0.303 e. The molecule has 0 aliphatic heterocycles. The van der Waals surface area contributed by atoms with Crippen molar-refractivity contribution in [2.45, 2.75) is 12.8 Å². The fourth-order valence-corrected chi connectivity index (χ4v) is 0.739. The van der Waals surface area contributed by atoms with E-state index in [0.717, 1.165) is 0 Å². The lowest BCUT2D eigenvalue weighted by Gasteiger charge is -2.21. The standard InChI is InChI=1S/C4H6N2/c1-2-4-3(1)5-6-4/h5-6H,1-2H2. The highest BCUT2D eigenvalue weighted by molar-refractivity contribution is 5.21. The Morgan fingerprint density at radius 1 is 1.00 bits per heavy atom. The fraction of sp³-hybridized carbons (Fsp3) is 0.500. The van der Waals surface area contributed by atoms with Crippen LogP contribution in [0.3, 0.4) is 0 Å². The second-order valence-corrected chi connectivity index (χ2v) is 1.71. The van der Waals surface area contributed by atoms with Crippen molar-refractivity contribution in [2.75, 3.05) is 0 Å². The van der Waals surface area contributed by atoms with E-state index >= 15 is 0 Å². The summed E-state index contributed by atoms with van der Waals surface area (Å²) >= 11 is 0. The van der Waals surface area contributed by atoms with Gasteiger partial charge in [-0.1, -0.05) is 0 Å². The molecule has 32 valence electrons. The lowest BCUT2D eigenvalue weighted by molar-refractivity contribution is 0.635. The number of aryl methyl sites for hydroxylation is 2. The van der Waals surface area contributed by atoms with Gasteiger partial charge in [0.05, 0.1) is 11.4 Å². The van der Waals surface area contributed by atoms with Crippen molar-refractivity contribution in [3.8, 4) is 0 Å². The van der Waals surface area contributed by atoms with Gasteiger partial charge in [-0.25, -0.2) is 0 Å². The summed E-state index contributed by atoms with van der Waals surface area (Å²) in [5.74, 6) is 0. The number of hydrogen-bond donors (Lipinski definition) is 2. The fourth-order valence-electron chi connectivity index (χ4n) is 0.739. The molecule has 0 atom stereocenters. The molecule has 2 rings (SSSR count). The molecule has 0 fully saturated rings. The first-order chi connectivity index (χ1) is 2.97. The van der Waals surface area contributed by atoms with Crippen LogP contribution in [0.4, 0.5) is 0 Å².